The summed E-state index contributed by atoms with van der Waals surface area (Å²) in [7, 11) is 4.42. The van der Waals surface area contributed by atoms with E-state index >= 15 is 0 Å². The number of carbonyl (C=O) groups excluding carboxylic acids is 1. The van der Waals surface area contributed by atoms with E-state index in [9.17, 15) is 13.6 Å². The van der Waals surface area contributed by atoms with Crippen LogP contribution in [0.1, 0.15) is 12.5 Å². The number of guanidine groups is 1. The van der Waals surface area contributed by atoms with Gasteiger partial charge in [-0.15, -0.1) is 0 Å². The molecule has 1 fully saturated rings. The van der Waals surface area contributed by atoms with E-state index < -0.39 is 6.61 Å². The maximum Gasteiger partial charge on any atom is 0.387 e. The predicted octanol–water partition coefficient (Wildman–Crippen LogP) is 2.11. The lowest BCUT2D eigenvalue weighted by Crippen LogP contribution is -2.40. The Morgan fingerprint density at radius 1 is 1.33 bits per heavy atom. The number of esters is 1. The second kappa shape index (κ2) is 9.38. The van der Waals surface area contributed by atoms with Crippen LogP contribution in [0.5, 0.6) is 11.5 Å². The van der Waals surface area contributed by atoms with Crippen molar-refractivity contribution < 1.29 is 27.8 Å². The molecule has 7 nitrogen and oxygen atoms in total. The van der Waals surface area contributed by atoms with Crippen molar-refractivity contribution in [2.45, 2.75) is 20.1 Å². The van der Waals surface area contributed by atoms with E-state index in [4.69, 9.17) is 9.47 Å². The first-order valence-electron chi connectivity index (χ1n) is 8.54. The number of benzene rings is 1. The third-order valence-corrected chi connectivity index (χ3v) is 4.52. The van der Waals surface area contributed by atoms with E-state index in [1.165, 1.54) is 20.3 Å². The van der Waals surface area contributed by atoms with Gasteiger partial charge in [-0.25, -0.2) is 0 Å². The zero-order valence-corrected chi connectivity index (χ0v) is 15.9. The molecule has 0 amide bonds. The van der Waals surface area contributed by atoms with Crippen molar-refractivity contribution in [2.24, 2.45) is 16.8 Å². The van der Waals surface area contributed by atoms with Gasteiger partial charge in [-0.1, -0.05) is 13.0 Å². The third-order valence-electron chi connectivity index (χ3n) is 4.52. The smallest absolute Gasteiger partial charge is 0.387 e. The summed E-state index contributed by atoms with van der Waals surface area (Å²) < 4.78 is 39.5. The van der Waals surface area contributed by atoms with E-state index in [2.05, 4.69) is 15.0 Å². The first-order chi connectivity index (χ1) is 12.9. The molecule has 0 saturated carbocycles. The molecule has 1 aromatic carbocycles. The van der Waals surface area contributed by atoms with Gasteiger partial charge in [0.2, 0.25) is 0 Å². The highest BCUT2D eigenvalue weighted by Crippen LogP contribution is 2.29. The number of hydrogen-bond acceptors (Lipinski definition) is 5. The number of rotatable bonds is 6. The number of carbonyl (C=O) groups is 1. The Hall–Kier alpha value is -2.58. The minimum atomic E-state index is -2.93. The van der Waals surface area contributed by atoms with Crippen molar-refractivity contribution >= 4 is 11.9 Å². The number of hydrogen-bond donors (Lipinski definition) is 1. The summed E-state index contributed by atoms with van der Waals surface area (Å²) in [5.41, 5.74) is 0.726. The number of halogens is 2. The molecule has 2 unspecified atom stereocenters. The van der Waals surface area contributed by atoms with E-state index in [0.717, 1.165) is 5.56 Å². The molecule has 0 spiro atoms. The Morgan fingerprint density at radius 3 is 2.67 bits per heavy atom. The predicted molar refractivity (Wildman–Crippen MR) is 96.1 cm³/mol. The molecule has 2 atom stereocenters. The lowest BCUT2D eigenvalue weighted by atomic mass is 9.99. The lowest BCUT2D eigenvalue weighted by molar-refractivity contribution is -0.146. The molecule has 9 heteroatoms. The number of nitrogens with zero attached hydrogens (tertiary/aromatic N) is 2. The molecule has 1 aliphatic rings. The molecule has 150 valence electrons. The van der Waals surface area contributed by atoms with E-state index in [-0.39, 0.29) is 29.3 Å². The van der Waals surface area contributed by atoms with Gasteiger partial charge in [0.25, 0.3) is 0 Å². The SMILES string of the molecule is CN=C(NCc1ccc(OC)c(OC(F)F)c1)N1CC(C)C(C(=O)OC)C1. The topological polar surface area (TPSA) is 72.4 Å². The maximum atomic E-state index is 12.6. The van der Waals surface area contributed by atoms with E-state index in [1.54, 1.807) is 19.2 Å². The van der Waals surface area contributed by atoms with Crippen LogP contribution in [0.25, 0.3) is 0 Å². The first kappa shape index (κ1) is 20.7. The van der Waals surface area contributed by atoms with Gasteiger partial charge in [0.1, 0.15) is 0 Å². The molecule has 0 aromatic heterocycles. The van der Waals surface area contributed by atoms with Crippen molar-refractivity contribution in [3.63, 3.8) is 0 Å². The minimum absolute atomic E-state index is 0.0256. The van der Waals surface area contributed by atoms with Crippen LogP contribution in [0.4, 0.5) is 8.78 Å². The molecular weight excluding hydrogens is 360 g/mol. The Bertz CT molecular complexity index is 685. The monoisotopic (exact) mass is 385 g/mol. The van der Waals surface area contributed by atoms with Crippen molar-refractivity contribution in [1.29, 1.82) is 0 Å². The molecule has 0 aliphatic carbocycles. The van der Waals surface area contributed by atoms with Crippen molar-refractivity contribution in [3.05, 3.63) is 23.8 Å². The number of likely N-dealkylation sites (tertiary alicyclic amines) is 1. The summed E-state index contributed by atoms with van der Waals surface area (Å²) >= 11 is 0. The average Bonchev–Trinajstić information content (AvgIpc) is 3.03. The van der Waals surface area contributed by atoms with Crippen molar-refractivity contribution in [3.8, 4) is 11.5 Å². The summed E-state index contributed by atoms with van der Waals surface area (Å²) in [6.07, 6.45) is 0. The van der Waals surface area contributed by atoms with Crippen LogP contribution in [0.2, 0.25) is 0 Å². The average molecular weight is 385 g/mol. The standard InChI is InChI=1S/C18H25F2N3O4/c1-11-9-23(10-13(11)16(24)26-4)18(21-2)22-8-12-5-6-14(25-3)15(7-12)27-17(19)20/h5-7,11,13,17H,8-10H2,1-4H3,(H,21,22). The molecule has 2 rings (SSSR count). The molecule has 1 saturated heterocycles. The van der Waals surface area contributed by atoms with Gasteiger partial charge in [0.15, 0.2) is 17.5 Å². The molecule has 1 N–H and O–H groups in total. The van der Waals surface area contributed by atoms with Gasteiger partial charge in [0.05, 0.1) is 20.1 Å². The molecule has 0 radical (unpaired) electrons. The number of methoxy groups -OCH3 is 2. The molecule has 1 aromatic rings. The van der Waals surface area contributed by atoms with Crippen molar-refractivity contribution in [2.75, 3.05) is 34.4 Å². The summed E-state index contributed by atoms with van der Waals surface area (Å²) in [5.74, 6) is 0.536. The van der Waals surface area contributed by atoms with Crippen LogP contribution in [0, 0.1) is 11.8 Å². The van der Waals surface area contributed by atoms with Gasteiger partial charge < -0.3 is 24.4 Å². The number of ether oxygens (including phenoxy) is 3. The van der Waals surface area contributed by atoms with Crippen LogP contribution in [0.15, 0.2) is 23.2 Å². The summed E-state index contributed by atoms with van der Waals surface area (Å²) in [5, 5.41) is 3.18. The minimum Gasteiger partial charge on any atom is -0.493 e. The summed E-state index contributed by atoms with van der Waals surface area (Å²) in [6, 6.07) is 4.82. The van der Waals surface area contributed by atoms with Gasteiger partial charge in [-0.3, -0.25) is 9.79 Å². The third kappa shape index (κ3) is 5.21. The van der Waals surface area contributed by atoms with Crippen LogP contribution in [-0.4, -0.2) is 57.8 Å². The molecular formula is C18H25F2N3O4. The largest absolute Gasteiger partial charge is 0.493 e. The molecule has 1 heterocycles. The highest BCUT2D eigenvalue weighted by atomic mass is 19.3. The van der Waals surface area contributed by atoms with Crippen LogP contribution in [-0.2, 0) is 16.1 Å². The van der Waals surface area contributed by atoms with Crippen LogP contribution >= 0.6 is 0 Å². The van der Waals surface area contributed by atoms with Crippen LogP contribution in [0.3, 0.4) is 0 Å². The summed E-state index contributed by atoms with van der Waals surface area (Å²) in [4.78, 5) is 18.1. The van der Waals surface area contributed by atoms with E-state index in [0.29, 0.717) is 25.6 Å². The van der Waals surface area contributed by atoms with Gasteiger partial charge in [-0.05, 0) is 23.6 Å². The number of nitrogens with one attached hydrogen (secondary N) is 1. The van der Waals surface area contributed by atoms with Crippen LogP contribution < -0.4 is 14.8 Å². The second-order valence-electron chi connectivity index (χ2n) is 6.28. The van der Waals surface area contributed by atoms with Gasteiger partial charge in [-0.2, -0.15) is 8.78 Å². The molecule has 1 aliphatic heterocycles. The fourth-order valence-corrected chi connectivity index (χ4v) is 3.13. The van der Waals surface area contributed by atoms with Crippen molar-refractivity contribution in [1.82, 2.24) is 10.2 Å². The zero-order chi connectivity index (χ0) is 20.0. The Kier molecular flexibility index (Phi) is 7.20. The second-order valence-corrected chi connectivity index (χ2v) is 6.28. The number of alkyl halides is 2. The normalized spacial score (nSPS) is 20.0. The molecule has 27 heavy (non-hydrogen) atoms. The fourth-order valence-electron chi connectivity index (χ4n) is 3.13. The fraction of sp³-hybridized carbons (Fsp3) is 0.556. The first-order valence-corrected chi connectivity index (χ1v) is 8.54. The highest BCUT2D eigenvalue weighted by molar-refractivity contribution is 5.82. The Morgan fingerprint density at radius 2 is 2.07 bits per heavy atom. The quantitative estimate of drug-likeness (QED) is 0.459. The highest BCUT2D eigenvalue weighted by Gasteiger charge is 2.36. The van der Waals surface area contributed by atoms with E-state index in [1.807, 2.05) is 11.8 Å². The lowest BCUT2D eigenvalue weighted by Gasteiger charge is -2.22. The Labute approximate surface area is 157 Å². The zero-order valence-electron chi connectivity index (χ0n) is 15.9. The maximum absolute atomic E-state index is 12.6. The number of aliphatic imine (C=N–C) groups is 1. The van der Waals surface area contributed by atoms with Gasteiger partial charge >= 0.3 is 12.6 Å². The molecule has 0 bridgehead atoms. The summed E-state index contributed by atoms with van der Waals surface area (Å²) in [6.45, 7) is 0.588. The van der Waals surface area contributed by atoms with Gasteiger partial charge in [0, 0.05) is 26.7 Å². The Balaban J connectivity index is 2.03.